The Morgan fingerprint density at radius 3 is 2.67 bits per heavy atom. The average Bonchev–Trinajstić information content (AvgIpc) is 2.16. The van der Waals surface area contributed by atoms with Crippen LogP contribution < -0.4 is 0 Å². The van der Waals surface area contributed by atoms with Crippen LogP contribution >= 0.6 is 38.5 Å². The molecule has 1 heterocycles. The molecule has 2 aromatic rings. The maximum atomic E-state index is 4.35. The minimum atomic E-state index is 0.417. The van der Waals surface area contributed by atoms with Gasteiger partial charge in [-0.3, -0.25) is 0 Å². The second kappa shape index (κ2) is 4.33. The van der Waals surface area contributed by atoms with Crippen LogP contribution in [0.1, 0.15) is 25.5 Å². The fourth-order valence-electron chi connectivity index (χ4n) is 1.57. The summed E-state index contributed by atoms with van der Waals surface area (Å²) in [5, 5.41) is 1.14. The van der Waals surface area contributed by atoms with Crippen LogP contribution in [0.2, 0.25) is 0 Å². The molecule has 15 heavy (non-hydrogen) atoms. The highest BCUT2D eigenvalue weighted by Crippen LogP contribution is 2.28. The Balaban J connectivity index is 2.85. The van der Waals surface area contributed by atoms with E-state index in [1.165, 1.54) is 0 Å². The van der Waals surface area contributed by atoms with Crippen molar-refractivity contribution in [3.8, 4) is 0 Å². The summed E-state index contributed by atoms with van der Waals surface area (Å²) in [6, 6.07) is 4.16. The largest absolute Gasteiger partial charge is 0.240 e. The molecule has 2 nitrogen and oxygen atoms in total. The summed E-state index contributed by atoms with van der Waals surface area (Å²) in [6.45, 7) is 4.30. The predicted octanol–water partition coefficient (Wildman–Crippen LogP) is 4.12. The van der Waals surface area contributed by atoms with E-state index < -0.39 is 0 Å². The molecule has 0 N–H and O–H groups in total. The number of hydrogen-bond acceptors (Lipinski definition) is 2. The van der Waals surface area contributed by atoms with Gasteiger partial charge in [-0.1, -0.05) is 29.8 Å². The molecule has 0 radical (unpaired) electrons. The Morgan fingerprint density at radius 1 is 1.27 bits per heavy atom. The molecule has 0 aliphatic rings. The highest BCUT2D eigenvalue weighted by atomic mass is 127. The van der Waals surface area contributed by atoms with Crippen LogP contribution in [0.15, 0.2) is 22.9 Å². The normalized spacial score (nSPS) is 11.3. The molecule has 0 bridgehead atoms. The molecular weight excluding hydrogens is 367 g/mol. The summed E-state index contributed by atoms with van der Waals surface area (Å²) in [6.07, 6.45) is 1.65. The smallest absolute Gasteiger partial charge is 0.116 e. The van der Waals surface area contributed by atoms with Crippen molar-refractivity contribution in [2.75, 3.05) is 0 Å². The minimum absolute atomic E-state index is 0.417. The van der Waals surface area contributed by atoms with E-state index in [0.717, 1.165) is 24.6 Å². The van der Waals surface area contributed by atoms with Crippen molar-refractivity contribution in [2.45, 2.75) is 19.8 Å². The number of benzene rings is 1. The molecule has 78 valence electrons. The highest BCUT2D eigenvalue weighted by Gasteiger charge is 2.10. The maximum Gasteiger partial charge on any atom is 0.116 e. The molecule has 0 atom stereocenters. The zero-order valence-electron chi connectivity index (χ0n) is 8.46. The van der Waals surface area contributed by atoms with Gasteiger partial charge in [-0.2, -0.15) is 0 Å². The van der Waals surface area contributed by atoms with Crippen molar-refractivity contribution in [1.29, 1.82) is 0 Å². The highest BCUT2D eigenvalue weighted by molar-refractivity contribution is 14.1. The SMILES string of the molecule is CC(C)c1ncnc2c(I)cc(Br)cc12. The average molecular weight is 377 g/mol. The zero-order chi connectivity index (χ0) is 11.0. The summed E-state index contributed by atoms with van der Waals surface area (Å²) in [5.41, 5.74) is 2.15. The number of fused-ring (bicyclic) bond motifs is 1. The van der Waals surface area contributed by atoms with Crippen molar-refractivity contribution in [3.63, 3.8) is 0 Å². The molecule has 0 unspecified atom stereocenters. The quantitative estimate of drug-likeness (QED) is 0.699. The summed E-state index contributed by atoms with van der Waals surface area (Å²) in [5.74, 6) is 0.417. The zero-order valence-corrected chi connectivity index (χ0v) is 12.2. The van der Waals surface area contributed by atoms with E-state index in [2.05, 4.69) is 74.5 Å². The fraction of sp³-hybridized carbons (Fsp3) is 0.273. The number of hydrogen-bond donors (Lipinski definition) is 0. The number of nitrogens with zero attached hydrogens (tertiary/aromatic N) is 2. The molecule has 0 aliphatic heterocycles. The van der Waals surface area contributed by atoms with E-state index in [4.69, 9.17) is 0 Å². The first-order chi connectivity index (χ1) is 7.09. The Bertz CT molecular complexity index is 511. The summed E-state index contributed by atoms with van der Waals surface area (Å²) in [7, 11) is 0. The van der Waals surface area contributed by atoms with Crippen molar-refractivity contribution in [2.24, 2.45) is 0 Å². The van der Waals surface area contributed by atoms with Gasteiger partial charge in [0.15, 0.2) is 0 Å². The van der Waals surface area contributed by atoms with Crippen LogP contribution in [0, 0.1) is 3.57 Å². The molecule has 2 rings (SSSR count). The monoisotopic (exact) mass is 376 g/mol. The Labute approximate surface area is 111 Å². The standard InChI is InChI=1S/C11H10BrIN2/c1-6(2)10-8-3-7(12)4-9(13)11(8)15-5-14-10/h3-6H,1-2H3. The molecule has 0 saturated heterocycles. The van der Waals surface area contributed by atoms with Gasteiger partial charge >= 0.3 is 0 Å². The Morgan fingerprint density at radius 2 is 2.00 bits per heavy atom. The Hall–Kier alpha value is -0.230. The van der Waals surface area contributed by atoms with Crippen LogP contribution in [0.3, 0.4) is 0 Å². The second-order valence-corrected chi connectivity index (χ2v) is 5.78. The van der Waals surface area contributed by atoms with Gasteiger partial charge in [0.25, 0.3) is 0 Å². The molecule has 1 aromatic heterocycles. The third-order valence-corrected chi connectivity index (χ3v) is 3.51. The summed E-state index contributed by atoms with van der Waals surface area (Å²) >= 11 is 5.81. The van der Waals surface area contributed by atoms with Gasteiger partial charge in [0.1, 0.15) is 6.33 Å². The number of halogens is 2. The van der Waals surface area contributed by atoms with Gasteiger partial charge in [-0.25, -0.2) is 9.97 Å². The van der Waals surface area contributed by atoms with Crippen molar-refractivity contribution >= 4 is 49.4 Å². The second-order valence-electron chi connectivity index (χ2n) is 3.70. The van der Waals surface area contributed by atoms with Gasteiger partial charge < -0.3 is 0 Å². The number of rotatable bonds is 1. The molecule has 0 spiro atoms. The topological polar surface area (TPSA) is 25.8 Å². The lowest BCUT2D eigenvalue weighted by Gasteiger charge is -2.09. The molecule has 0 amide bonds. The third-order valence-electron chi connectivity index (χ3n) is 2.23. The summed E-state index contributed by atoms with van der Waals surface area (Å²) in [4.78, 5) is 8.68. The third kappa shape index (κ3) is 2.15. The van der Waals surface area contributed by atoms with E-state index >= 15 is 0 Å². The Kier molecular flexibility index (Phi) is 3.25. The van der Waals surface area contributed by atoms with Gasteiger partial charge in [-0.15, -0.1) is 0 Å². The van der Waals surface area contributed by atoms with Gasteiger partial charge in [0, 0.05) is 13.4 Å². The van der Waals surface area contributed by atoms with Crippen molar-refractivity contribution < 1.29 is 0 Å². The first-order valence-electron chi connectivity index (χ1n) is 4.69. The lowest BCUT2D eigenvalue weighted by molar-refractivity contribution is 0.828. The van der Waals surface area contributed by atoms with Crippen LogP contribution in [0.5, 0.6) is 0 Å². The molecule has 4 heteroatoms. The molecule has 0 aliphatic carbocycles. The molecule has 0 saturated carbocycles. The van der Waals surface area contributed by atoms with Crippen LogP contribution in [-0.2, 0) is 0 Å². The van der Waals surface area contributed by atoms with Crippen molar-refractivity contribution in [3.05, 3.63) is 32.2 Å². The van der Waals surface area contributed by atoms with E-state index in [0.29, 0.717) is 5.92 Å². The van der Waals surface area contributed by atoms with Crippen LogP contribution in [0.4, 0.5) is 0 Å². The van der Waals surface area contributed by atoms with E-state index in [9.17, 15) is 0 Å². The molecular formula is C11H10BrIN2. The van der Waals surface area contributed by atoms with Crippen molar-refractivity contribution in [1.82, 2.24) is 9.97 Å². The van der Waals surface area contributed by atoms with Crippen LogP contribution in [0.25, 0.3) is 10.9 Å². The first kappa shape index (κ1) is 11.3. The predicted molar refractivity (Wildman–Crippen MR) is 74.0 cm³/mol. The van der Waals surface area contributed by atoms with E-state index in [1.807, 2.05) is 0 Å². The summed E-state index contributed by atoms with van der Waals surface area (Å²) < 4.78 is 2.23. The number of aromatic nitrogens is 2. The lowest BCUT2D eigenvalue weighted by Crippen LogP contribution is -1.97. The minimum Gasteiger partial charge on any atom is -0.240 e. The van der Waals surface area contributed by atoms with Crippen LogP contribution in [-0.4, -0.2) is 9.97 Å². The van der Waals surface area contributed by atoms with Gasteiger partial charge in [0.05, 0.1) is 11.2 Å². The molecule has 0 fully saturated rings. The first-order valence-corrected chi connectivity index (χ1v) is 6.56. The van der Waals surface area contributed by atoms with E-state index in [-0.39, 0.29) is 0 Å². The van der Waals surface area contributed by atoms with Gasteiger partial charge in [-0.05, 0) is 40.6 Å². The maximum absolute atomic E-state index is 4.35. The van der Waals surface area contributed by atoms with E-state index in [1.54, 1.807) is 6.33 Å². The fourth-order valence-corrected chi connectivity index (χ4v) is 3.22. The van der Waals surface area contributed by atoms with Gasteiger partial charge in [0.2, 0.25) is 0 Å². The molecule has 1 aromatic carbocycles. The lowest BCUT2D eigenvalue weighted by atomic mass is 10.1.